The lowest BCUT2D eigenvalue weighted by atomic mass is 10.2. The van der Waals surface area contributed by atoms with E-state index in [1.165, 1.54) is 0 Å². The Morgan fingerprint density at radius 1 is 1.37 bits per heavy atom. The maximum absolute atomic E-state index is 14.5. The number of allylic oxidation sites excluding steroid dienone is 1. The topological polar surface area (TPSA) is 73.2 Å². The van der Waals surface area contributed by atoms with Crippen LogP contribution in [0.2, 0.25) is 5.02 Å². The van der Waals surface area contributed by atoms with Crippen LogP contribution >= 0.6 is 23.4 Å². The highest BCUT2D eigenvalue weighted by atomic mass is 35.5. The van der Waals surface area contributed by atoms with E-state index in [9.17, 15) is 27.2 Å². The van der Waals surface area contributed by atoms with Crippen molar-refractivity contribution < 1.29 is 32.3 Å². The van der Waals surface area contributed by atoms with Gasteiger partial charge in [-0.15, -0.1) is 11.8 Å². The molecule has 27 heavy (non-hydrogen) atoms. The first-order chi connectivity index (χ1) is 12.6. The van der Waals surface area contributed by atoms with Gasteiger partial charge in [-0.1, -0.05) is 11.6 Å². The fraction of sp³-hybridized carbons (Fsp3) is 0.267. The number of carboxylic acids is 1. The standard InChI is InChI=1S/C15H10ClF4N3O3S/c16-7-3-8(17)9(4-10(7)27-6-13(25)26)23-12(24)5-11(15(18,19)20)22-2-1-21-14(22)23/h3-5H,1-2,6H2,(H,25,26). The molecule has 2 heterocycles. The van der Waals surface area contributed by atoms with Gasteiger partial charge >= 0.3 is 12.1 Å². The summed E-state index contributed by atoms with van der Waals surface area (Å²) in [6, 6.07) is 1.99. The van der Waals surface area contributed by atoms with E-state index >= 15 is 0 Å². The van der Waals surface area contributed by atoms with Gasteiger partial charge in [-0.3, -0.25) is 14.6 Å². The monoisotopic (exact) mass is 423 g/mol. The van der Waals surface area contributed by atoms with Crippen LogP contribution in [0, 0.1) is 5.82 Å². The minimum Gasteiger partial charge on any atom is -0.481 e. The van der Waals surface area contributed by atoms with E-state index in [1.54, 1.807) is 0 Å². The average molecular weight is 424 g/mol. The average Bonchev–Trinajstić information content (AvgIpc) is 3.02. The molecule has 0 saturated heterocycles. The van der Waals surface area contributed by atoms with Crippen LogP contribution in [0.15, 0.2) is 33.8 Å². The number of anilines is 1. The summed E-state index contributed by atoms with van der Waals surface area (Å²) in [7, 11) is 0. The van der Waals surface area contributed by atoms with E-state index in [1.807, 2.05) is 0 Å². The largest absolute Gasteiger partial charge is 0.481 e. The molecule has 1 N–H and O–H groups in total. The predicted molar refractivity (Wildman–Crippen MR) is 90.4 cm³/mol. The number of rotatable bonds is 4. The first kappa shape index (κ1) is 19.5. The van der Waals surface area contributed by atoms with Crippen molar-refractivity contribution in [2.75, 3.05) is 23.7 Å². The molecular formula is C15H10ClF4N3O3S. The van der Waals surface area contributed by atoms with Gasteiger partial charge in [0.2, 0.25) is 5.96 Å². The molecule has 0 atom stereocenters. The number of carbonyl (C=O) groups is 2. The fourth-order valence-corrected chi connectivity index (χ4v) is 3.60. The SMILES string of the molecule is O=C(O)CSc1cc(N2C(=O)C=C(C(F)(F)F)N3CCN=C32)c(F)cc1Cl. The van der Waals surface area contributed by atoms with Gasteiger partial charge in [0.15, 0.2) is 0 Å². The minimum absolute atomic E-state index is 0.00234. The third-order valence-electron chi connectivity index (χ3n) is 3.67. The third kappa shape index (κ3) is 3.74. The van der Waals surface area contributed by atoms with Crippen molar-refractivity contribution in [3.8, 4) is 0 Å². The number of halogens is 5. The summed E-state index contributed by atoms with van der Waals surface area (Å²) in [5.41, 5.74) is -1.53. The molecule has 2 aliphatic rings. The molecule has 0 fully saturated rings. The van der Waals surface area contributed by atoms with Gasteiger partial charge in [0.25, 0.3) is 5.91 Å². The molecular weight excluding hydrogens is 414 g/mol. The molecule has 3 rings (SSSR count). The highest BCUT2D eigenvalue weighted by Crippen LogP contribution is 2.38. The molecule has 12 heteroatoms. The number of amides is 1. The molecule has 0 bridgehead atoms. The molecule has 2 aliphatic heterocycles. The normalized spacial score (nSPS) is 17.0. The lowest BCUT2D eigenvalue weighted by Gasteiger charge is -2.35. The Morgan fingerprint density at radius 2 is 2.07 bits per heavy atom. The predicted octanol–water partition coefficient (Wildman–Crippen LogP) is 3.12. The summed E-state index contributed by atoms with van der Waals surface area (Å²) >= 11 is 6.68. The molecule has 0 radical (unpaired) electrons. The van der Waals surface area contributed by atoms with Gasteiger partial charge in [-0.25, -0.2) is 9.29 Å². The van der Waals surface area contributed by atoms with Crippen LogP contribution < -0.4 is 4.90 Å². The number of carboxylic acid groups (broad SMARTS) is 1. The van der Waals surface area contributed by atoms with Crippen molar-refractivity contribution in [3.63, 3.8) is 0 Å². The van der Waals surface area contributed by atoms with E-state index < -0.39 is 29.6 Å². The number of hydrogen-bond donors (Lipinski definition) is 1. The molecule has 6 nitrogen and oxygen atoms in total. The summed E-state index contributed by atoms with van der Waals surface area (Å²) < 4.78 is 54.0. The maximum atomic E-state index is 14.5. The molecule has 0 unspecified atom stereocenters. The summed E-state index contributed by atoms with van der Waals surface area (Å²) in [6.45, 7) is -0.108. The molecule has 0 aliphatic carbocycles. The molecule has 1 aromatic rings. The van der Waals surface area contributed by atoms with Crippen molar-refractivity contribution >= 4 is 46.9 Å². The summed E-state index contributed by atoms with van der Waals surface area (Å²) in [5.74, 6) is -3.92. The van der Waals surface area contributed by atoms with Gasteiger partial charge in [-0.05, 0) is 12.1 Å². The second-order valence-electron chi connectivity index (χ2n) is 5.45. The number of benzene rings is 1. The van der Waals surface area contributed by atoms with Crippen molar-refractivity contribution in [1.29, 1.82) is 0 Å². The third-order valence-corrected chi connectivity index (χ3v) is 5.14. The van der Waals surface area contributed by atoms with E-state index in [-0.39, 0.29) is 40.4 Å². The molecule has 0 spiro atoms. The van der Waals surface area contributed by atoms with Gasteiger partial charge < -0.3 is 10.0 Å². The Kier molecular flexibility index (Phi) is 5.08. The fourth-order valence-electron chi connectivity index (χ4n) is 2.61. The molecule has 144 valence electrons. The number of carbonyl (C=O) groups excluding carboxylic acids is 1. The number of fused-ring (bicyclic) bond motifs is 1. The second kappa shape index (κ2) is 7.04. The Balaban J connectivity index is 2.06. The summed E-state index contributed by atoms with van der Waals surface area (Å²) in [6.07, 6.45) is -4.39. The second-order valence-corrected chi connectivity index (χ2v) is 6.88. The van der Waals surface area contributed by atoms with E-state index in [2.05, 4.69) is 4.99 Å². The Bertz CT molecular complexity index is 888. The van der Waals surface area contributed by atoms with Gasteiger partial charge in [0.05, 0.1) is 23.0 Å². The van der Waals surface area contributed by atoms with Gasteiger partial charge in [0.1, 0.15) is 11.5 Å². The first-order valence-electron chi connectivity index (χ1n) is 7.38. The first-order valence-corrected chi connectivity index (χ1v) is 8.74. The van der Waals surface area contributed by atoms with Gasteiger partial charge in [0, 0.05) is 17.5 Å². The van der Waals surface area contributed by atoms with E-state index in [0.717, 1.165) is 33.7 Å². The number of thioether (sulfide) groups is 1. The van der Waals surface area contributed by atoms with Crippen LogP contribution in [0.1, 0.15) is 0 Å². The van der Waals surface area contributed by atoms with Crippen LogP contribution in [0.4, 0.5) is 23.2 Å². The highest BCUT2D eigenvalue weighted by molar-refractivity contribution is 8.00. The van der Waals surface area contributed by atoms with Crippen molar-refractivity contribution in [2.45, 2.75) is 11.1 Å². The zero-order chi connectivity index (χ0) is 19.9. The highest BCUT2D eigenvalue weighted by Gasteiger charge is 2.47. The minimum atomic E-state index is -4.77. The van der Waals surface area contributed by atoms with Crippen molar-refractivity contribution in [1.82, 2.24) is 4.90 Å². The molecule has 1 amide bonds. The van der Waals surface area contributed by atoms with E-state index in [4.69, 9.17) is 16.7 Å². The quantitative estimate of drug-likeness (QED) is 0.595. The summed E-state index contributed by atoms with van der Waals surface area (Å²) in [4.78, 5) is 28.7. The Hall–Kier alpha value is -2.27. The van der Waals surface area contributed by atoms with Crippen LogP contribution in [-0.2, 0) is 9.59 Å². The zero-order valence-corrected chi connectivity index (χ0v) is 14.8. The van der Waals surface area contributed by atoms with E-state index in [0.29, 0.717) is 6.08 Å². The number of alkyl halides is 3. The lowest BCUT2D eigenvalue weighted by molar-refractivity contribution is -0.133. The Morgan fingerprint density at radius 3 is 2.70 bits per heavy atom. The lowest BCUT2D eigenvalue weighted by Crippen LogP contribution is -2.51. The molecule has 1 aromatic carbocycles. The number of hydrogen-bond acceptors (Lipinski definition) is 5. The Labute approximate surface area is 159 Å². The number of aliphatic carboxylic acids is 1. The maximum Gasteiger partial charge on any atom is 0.431 e. The van der Waals surface area contributed by atoms with Crippen LogP contribution in [0.5, 0.6) is 0 Å². The van der Waals surface area contributed by atoms with Crippen LogP contribution in [-0.4, -0.2) is 52.9 Å². The molecule has 0 saturated carbocycles. The van der Waals surface area contributed by atoms with Crippen LogP contribution in [0.25, 0.3) is 0 Å². The number of nitrogens with zero attached hydrogens (tertiary/aromatic N) is 3. The summed E-state index contributed by atoms with van der Waals surface area (Å²) in [5, 5.41) is 8.69. The van der Waals surface area contributed by atoms with Crippen molar-refractivity contribution in [3.05, 3.63) is 34.7 Å². The zero-order valence-electron chi connectivity index (χ0n) is 13.3. The smallest absolute Gasteiger partial charge is 0.431 e. The number of guanidine groups is 1. The van der Waals surface area contributed by atoms with Crippen LogP contribution in [0.3, 0.4) is 0 Å². The van der Waals surface area contributed by atoms with Crippen molar-refractivity contribution in [2.24, 2.45) is 4.99 Å². The number of aliphatic imine (C=N–C) groups is 1. The molecule has 0 aromatic heterocycles. The van der Waals surface area contributed by atoms with Gasteiger partial charge in [-0.2, -0.15) is 13.2 Å².